The molecule has 0 saturated heterocycles. The van der Waals surface area contributed by atoms with E-state index < -0.39 is 11.8 Å². The van der Waals surface area contributed by atoms with Gasteiger partial charge in [-0.3, -0.25) is 0 Å². The van der Waals surface area contributed by atoms with Gasteiger partial charge in [-0.2, -0.15) is 0 Å². The topological polar surface area (TPSA) is 55.6 Å². The van der Waals surface area contributed by atoms with Gasteiger partial charge >= 0.3 is 5.97 Å². The van der Waals surface area contributed by atoms with Gasteiger partial charge in [-0.15, -0.1) is 0 Å². The van der Waals surface area contributed by atoms with E-state index in [4.69, 9.17) is 10.5 Å². The lowest BCUT2D eigenvalue weighted by Crippen LogP contribution is -2.18. The van der Waals surface area contributed by atoms with Crippen LogP contribution in [-0.4, -0.2) is 19.6 Å². The lowest BCUT2D eigenvalue weighted by molar-refractivity contribution is 0.0527. The summed E-state index contributed by atoms with van der Waals surface area (Å²) in [6.07, 6.45) is 0. The van der Waals surface area contributed by atoms with E-state index in [2.05, 4.69) is 0 Å². The molecule has 0 aliphatic heterocycles. The number of nitrogens with two attached hydrogens (primary N) is 1. The van der Waals surface area contributed by atoms with Crippen LogP contribution in [0.2, 0.25) is 0 Å². The Hall–Kier alpha value is -2.56. The molecule has 0 aliphatic carbocycles. The van der Waals surface area contributed by atoms with Gasteiger partial charge in [-0.1, -0.05) is 18.2 Å². The zero-order valence-electron chi connectivity index (χ0n) is 12.0. The van der Waals surface area contributed by atoms with Gasteiger partial charge in [0.15, 0.2) is 0 Å². The molecule has 0 radical (unpaired) electrons. The highest BCUT2D eigenvalue weighted by molar-refractivity contribution is 6.00. The third-order valence-electron chi connectivity index (χ3n) is 3.11. The maximum atomic E-state index is 13.9. The number of hydrogen-bond donors (Lipinski definition) is 1. The highest BCUT2D eigenvalue weighted by atomic mass is 19.1. The molecule has 110 valence electrons. The van der Waals surface area contributed by atoms with Gasteiger partial charge in [0, 0.05) is 7.05 Å². The monoisotopic (exact) mass is 288 g/mol. The second-order valence-corrected chi connectivity index (χ2v) is 4.47. The van der Waals surface area contributed by atoms with E-state index in [0.717, 1.165) is 0 Å². The number of halogens is 1. The van der Waals surface area contributed by atoms with Crippen molar-refractivity contribution < 1.29 is 13.9 Å². The zero-order chi connectivity index (χ0) is 15.4. The molecule has 0 bridgehead atoms. The fraction of sp³-hybridized carbons (Fsp3) is 0.188. The van der Waals surface area contributed by atoms with Gasteiger partial charge in [-0.25, -0.2) is 9.18 Å². The lowest BCUT2D eigenvalue weighted by atomic mass is 10.1. The number of hydrogen-bond acceptors (Lipinski definition) is 4. The maximum Gasteiger partial charge on any atom is 0.340 e. The van der Waals surface area contributed by atoms with Crippen LogP contribution in [0.4, 0.5) is 21.5 Å². The molecule has 0 heterocycles. The van der Waals surface area contributed by atoms with Crippen molar-refractivity contribution in [2.45, 2.75) is 6.92 Å². The van der Waals surface area contributed by atoms with Gasteiger partial charge in [-0.05, 0) is 31.2 Å². The summed E-state index contributed by atoms with van der Waals surface area (Å²) < 4.78 is 19.0. The highest BCUT2D eigenvalue weighted by Crippen LogP contribution is 2.34. The maximum absolute atomic E-state index is 13.9. The molecule has 2 aromatic carbocycles. The second kappa shape index (κ2) is 6.26. The van der Waals surface area contributed by atoms with Crippen molar-refractivity contribution in [3.63, 3.8) is 0 Å². The molecule has 4 nitrogen and oxygen atoms in total. The molecule has 0 spiro atoms. The number of esters is 1. The molecule has 0 aliphatic rings. The van der Waals surface area contributed by atoms with Crippen LogP contribution in [-0.2, 0) is 4.74 Å². The van der Waals surface area contributed by atoms with E-state index >= 15 is 0 Å². The molecule has 0 atom stereocenters. The second-order valence-electron chi connectivity index (χ2n) is 4.47. The first-order valence-electron chi connectivity index (χ1n) is 6.60. The Kier molecular flexibility index (Phi) is 4.42. The van der Waals surface area contributed by atoms with E-state index in [0.29, 0.717) is 22.6 Å². The number of ether oxygens (including phenoxy) is 1. The lowest BCUT2D eigenvalue weighted by Gasteiger charge is -2.24. The summed E-state index contributed by atoms with van der Waals surface area (Å²) in [4.78, 5) is 13.6. The first-order chi connectivity index (χ1) is 10.1. The average molecular weight is 288 g/mol. The largest absolute Gasteiger partial charge is 0.462 e. The Balaban J connectivity index is 2.52. The molecular weight excluding hydrogens is 271 g/mol. The number of anilines is 3. The Labute approximate surface area is 122 Å². The van der Waals surface area contributed by atoms with Crippen molar-refractivity contribution in [2.75, 3.05) is 24.3 Å². The van der Waals surface area contributed by atoms with Gasteiger partial charge in [0.05, 0.1) is 29.2 Å². The predicted molar refractivity (Wildman–Crippen MR) is 81.3 cm³/mol. The van der Waals surface area contributed by atoms with Crippen molar-refractivity contribution in [1.82, 2.24) is 0 Å². The van der Waals surface area contributed by atoms with Crippen LogP contribution in [0.5, 0.6) is 0 Å². The number of nitrogen functional groups attached to an aromatic ring is 1. The van der Waals surface area contributed by atoms with Crippen molar-refractivity contribution in [1.29, 1.82) is 0 Å². The minimum atomic E-state index is -0.483. The minimum Gasteiger partial charge on any atom is -0.462 e. The quantitative estimate of drug-likeness (QED) is 0.692. The Morgan fingerprint density at radius 1 is 1.24 bits per heavy atom. The van der Waals surface area contributed by atoms with Crippen LogP contribution in [0.3, 0.4) is 0 Å². The van der Waals surface area contributed by atoms with Crippen LogP contribution < -0.4 is 10.6 Å². The molecule has 0 aromatic heterocycles. The molecule has 0 fully saturated rings. The minimum absolute atomic E-state index is 0.260. The number of nitrogens with zero attached hydrogens (tertiary/aromatic N) is 1. The molecule has 0 unspecified atom stereocenters. The van der Waals surface area contributed by atoms with Gasteiger partial charge in [0.1, 0.15) is 5.82 Å². The number of benzene rings is 2. The van der Waals surface area contributed by atoms with Crippen LogP contribution in [0.15, 0.2) is 42.5 Å². The van der Waals surface area contributed by atoms with Gasteiger partial charge in [0.2, 0.25) is 0 Å². The molecule has 21 heavy (non-hydrogen) atoms. The number of rotatable bonds is 4. The van der Waals surface area contributed by atoms with E-state index in [1.165, 1.54) is 6.07 Å². The third kappa shape index (κ3) is 2.97. The van der Waals surface area contributed by atoms with Crippen molar-refractivity contribution >= 4 is 23.0 Å². The zero-order valence-corrected chi connectivity index (χ0v) is 12.0. The first kappa shape index (κ1) is 14.8. The molecule has 5 heteroatoms. The Bertz CT molecular complexity index is 658. The number of carbonyl (C=O) groups excluding carboxylic acids is 1. The SMILES string of the molecule is CCOC(=O)c1cccc(N)c1N(C)c1ccccc1F. The molecule has 0 saturated carbocycles. The fourth-order valence-corrected chi connectivity index (χ4v) is 2.15. The fourth-order valence-electron chi connectivity index (χ4n) is 2.15. The van der Waals surface area contributed by atoms with Crippen molar-refractivity contribution in [3.05, 3.63) is 53.8 Å². The molecule has 2 rings (SSSR count). The third-order valence-corrected chi connectivity index (χ3v) is 3.11. The van der Waals surface area contributed by atoms with E-state index in [9.17, 15) is 9.18 Å². The van der Waals surface area contributed by atoms with E-state index in [-0.39, 0.29) is 6.61 Å². The van der Waals surface area contributed by atoms with Crippen LogP contribution in [0.1, 0.15) is 17.3 Å². The summed E-state index contributed by atoms with van der Waals surface area (Å²) in [7, 11) is 1.66. The summed E-state index contributed by atoms with van der Waals surface area (Å²) in [5.74, 6) is -0.874. The highest BCUT2D eigenvalue weighted by Gasteiger charge is 2.20. The van der Waals surface area contributed by atoms with Crippen LogP contribution in [0.25, 0.3) is 0 Å². The van der Waals surface area contributed by atoms with Crippen molar-refractivity contribution in [2.24, 2.45) is 0 Å². The molecular formula is C16H17FN2O2. The van der Waals surface area contributed by atoms with Crippen molar-refractivity contribution in [3.8, 4) is 0 Å². The van der Waals surface area contributed by atoms with Crippen LogP contribution in [0, 0.1) is 5.82 Å². The number of carbonyl (C=O) groups is 1. The number of para-hydroxylation sites is 2. The smallest absolute Gasteiger partial charge is 0.340 e. The van der Waals surface area contributed by atoms with Gasteiger partial charge < -0.3 is 15.4 Å². The Morgan fingerprint density at radius 2 is 1.95 bits per heavy atom. The van der Waals surface area contributed by atoms with Crippen LogP contribution >= 0.6 is 0 Å². The average Bonchev–Trinajstić information content (AvgIpc) is 2.47. The normalized spacial score (nSPS) is 10.2. The predicted octanol–water partition coefficient (Wildman–Crippen LogP) is 3.35. The van der Waals surface area contributed by atoms with E-state index in [1.807, 2.05) is 0 Å². The van der Waals surface area contributed by atoms with Gasteiger partial charge in [0.25, 0.3) is 0 Å². The summed E-state index contributed by atoms with van der Waals surface area (Å²) in [6, 6.07) is 11.2. The summed E-state index contributed by atoms with van der Waals surface area (Å²) in [5.41, 5.74) is 7.43. The summed E-state index contributed by atoms with van der Waals surface area (Å²) in [6.45, 7) is 1.99. The first-order valence-corrected chi connectivity index (χ1v) is 6.60. The standard InChI is InChI=1S/C16H17FN2O2/c1-3-21-16(20)11-7-6-9-13(18)15(11)19(2)14-10-5-4-8-12(14)17/h4-10H,3,18H2,1-2H3. The molecule has 2 aromatic rings. The Morgan fingerprint density at radius 3 is 2.62 bits per heavy atom. The van der Waals surface area contributed by atoms with E-state index in [1.54, 1.807) is 55.3 Å². The summed E-state index contributed by atoms with van der Waals surface area (Å²) in [5, 5.41) is 0. The summed E-state index contributed by atoms with van der Waals surface area (Å²) >= 11 is 0. The molecule has 0 amide bonds. The molecule has 2 N–H and O–H groups in total.